The summed E-state index contributed by atoms with van der Waals surface area (Å²) >= 11 is 0. The molecule has 3 N–H and O–H groups in total. The Kier molecular flexibility index (Phi) is 7.78. The minimum Gasteiger partial charge on any atom is -0.496 e. The molecule has 0 aliphatic rings. The zero-order chi connectivity index (χ0) is 22.1. The number of ether oxygens (including phenoxy) is 1. The molecule has 2 aromatic heterocycles. The van der Waals surface area contributed by atoms with E-state index >= 15 is 0 Å². The average molecular weight is 421 g/mol. The standard InChI is InChI=1S/C24H32N6O/c1-5-24(2,19-8-6-7-9-21(19)31-4)16-28-23-14-20(29-17-30-23)18-10-11-22(27-15-18)26-13-12-25-3/h6-11,14-15,17,25H,5,12-13,16H2,1-4H3,(H,26,27)(H,28,29,30)/t24-/m1/s1. The first-order valence-corrected chi connectivity index (χ1v) is 10.6. The molecule has 3 rings (SSSR count). The van der Waals surface area contributed by atoms with Crippen LogP contribution in [0.15, 0.2) is 55.0 Å². The molecule has 0 spiro atoms. The maximum absolute atomic E-state index is 5.59. The van der Waals surface area contributed by atoms with E-state index in [1.54, 1.807) is 13.4 Å². The Balaban J connectivity index is 1.71. The second-order valence-electron chi connectivity index (χ2n) is 7.72. The molecule has 0 amide bonds. The number of para-hydroxylation sites is 1. The third-order valence-corrected chi connectivity index (χ3v) is 5.60. The number of benzene rings is 1. The van der Waals surface area contributed by atoms with Crippen molar-refractivity contribution in [2.75, 3.05) is 44.4 Å². The number of nitrogens with zero attached hydrogens (tertiary/aromatic N) is 3. The van der Waals surface area contributed by atoms with E-state index < -0.39 is 0 Å². The third kappa shape index (κ3) is 5.70. The molecule has 0 bridgehead atoms. The van der Waals surface area contributed by atoms with Crippen molar-refractivity contribution in [2.45, 2.75) is 25.7 Å². The Labute approximate surface area is 184 Å². The maximum atomic E-state index is 5.59. The molecule has 0 fully saturated rings. The topological polar surface area (TPSA) is 84.0 Å². The zero-order valence-electron chi connectivity index (χ0n) is 18.8. The summed E-state index contributed by atoms with van der Waals surface area (Å²) in [5.74, 6) is 2.55. The number of anilines is 2. The lowest BCUT2D eigenvalue weighted by Crippen LogP contribution is -2.31. The van der Waals surface area contributed by atoms with Crippen LogP contribution in [0.4, 0.5) is 11.6 Å². The van der Waals surface area contributed by atoms with Gasteiger partial charge >= 0.3 is 0 Å². The van der Waals surface area contributed by atoms with Crippen molar-refractivity contribution < 1.29 is 4.74 Å². The largest absolute Gasteiger partial charge is 0.496 e. The highest BCUT2D eigenvalue weighted by molar-refractivity contribution is 5.62. The lowest BCUT2D eigenvalue weighted by Gasteiger charge is -2.31. The first-order chi connectivity index (χ1) is 15.1. The molecule has 7 heteroatoms. The number of hydrogen-bond acceptors (Lipinski definition) is 7. The van der Waals surface area contributed by atoms with Gasteiger partial charge in [0, 0.05) is 48.4 Å². The summed E-state index contributed by atoms with van der Waals surface area (Å²) in [5, 5.41) is 9.87. The van der Waals surface area contributed by atoms with Gasteiger partial charge in [0.2, 0.25) is 0 Å². The van der Waals surface area contributed by atoms with Gasteiger partial charge < -0.3 is 20.7 Å². The Morgan fingerprint density at radius 1 is 0.968 bits per heavy atom. The average Bonchev–Trinajstić information content (AvgIpc) is 2.83. The van der Waals surface area contributed by atoms with E-state index in [4.69, 9.17) is 4.74 Å². The van der Waals surface area contributed by atoms with Crippen LogP contribution in [0.5, 0.6) is 5.75 Å². The second-order valence-corrected chi connectivity index (χ2v) is 7.72. The lowest BCUT2D eigenvalue weighted by molar-refractivity contribution is 0.385. The van der Waals surface area contributed by atoms with Crippen LogP contribution in [0.2, 0.25) is 0 Å². The van der Waals surface area contributed by atoms with Gasteiger partial charge in [0.05, 0.1) is 12.8 Å². The first kappa shape index (κ1) is 22.5. The van der Waals surface area contributed by atoms with Gasteiger partial charge in [-0.05, 0) is 31.7 Å². The Morgan fingerprint density at radius 3 is 2.52 bits per heavy atom. The minimum atomic E-state index is -0.0973. The van der Waals surface area contributed by atoms with Crippen molar-refractivity contribution in [3.63, 3.8) is 0 Å². The molecule has 164 valence electrons. The van der Waals surface area contributed by atoms with Crippen LogP contribution in [-0.4, -0.2) is 48.7 Å². The highest BCUT2D eigenvalue weighted by Gasteiger charge is 2.27. The molecule has 0 unspecified atom stereocenters. The van der Waals surface area contributed by atoms with Crippen LogP contribution in [0.1, 0.15) is 25.8 Å². The molecule has 0 saturated heterocycles. The predicted octanol–water partition coefficient (Wildman–Crippen LogP) is 3.96. The first-order valence-electron chi connectivity index (χ1n) is 10.6. The van der Waals surface area contributed by atoms with Crippen LogP contribution in [-0.2, 0) is 5.41 Å². The fourth-order valence-electron chi connectivity index (χ4n) is 3.42. The van der Waals surface area contributed by atoms with Crippen LogP contribution in [0.25, 0.3) is 11.3 Å². The van der Waals surface area contributed by atoms with E-state index in [1.807, 2.05) is 43.6 Å². The normalized spacial score (nSPS) is 12.8. The Bertz CT molecular complexity index is 962. The van der Waals surface area contributed by atoms with Gasteiger partial charge in [0.15, 0.2) is 0 Å². The van der Waals surface area contributed by atoms with E-state index in [0.717, 1.165) is 54.7 Å². The Morgan fingerprint density at radius 2 is 1.81 bits per heavy atom. The lowest BCUT2D eigenvalue weighted by atomic mass is 9.79. The van der Waals surface area contributed by atoms with Crippen molar-refractivity contribution >= 4 is 11.6 Å². The SMILES string of the molecule is CC[C@](C)(CNc1cc(-c2ccc(NCCNC)nc2)ncn1)c1ccccc1OC. The monoisotopic (exact) mass is 420 g/mol. The fourth-order valence-corrected chi connectivity index (χ4v) is 3.42. The molecule has 3 aromatic rings. The van der Waals surface area contributed by atoms with Crippen LogP contribution in [0.3, 0.4) is 0 Å². The zero-order valence-corrected chi connectivity index (χ0v) is 18.8. The molecule has 31 heavy (non-hydrogen) atoms. The van der Waals surface area contributed by atoms with Gasteiger partial charge in [0.25, 0.3) is 0 Å². The number of likely N-dealkylation sites (N-methyl/N-ethyl adjacent to an activating group) is 1. The molecular formula is C24H32N6O. The van der Waals surface area contributed by atoms with Crippen molar-refractivity contribution in [1.29, 1.82) is 0 Å². The van der Waals surface area contributed by atoms with Gasteiger partial charge in [-0.2, -0.15) is 0 Å². The Hall–Kier alpha value is -3.19. The number of hydrogen-bond donors (Lipinski definition) is 3. The van der Waals surface area contributed by atoms with Crippen LogP contribution >= 0.6 is 0 Å². The smallest absolute Gasteiger partial charge is 0.129 e. The highest BCUT2D eigenvalue weighted by atomic mass is 16.5. The van der Waals surface area contributed by atoms with Crippen molar-refractivity contribution in [3.8, 4) is 17.0 Å². The summed E-state index contributed by atoms with van der Waals surface area (Å²) in [7, 11) is 3.65. The van der Waals surface area contributed by atoms with Gasteiger partial charge in [-0.3, -0.25) is 0 Å². The van der Waals surface area contributed by atoms with E-state index in [1.165, 1.54) is 5.56 Å². The maximum Gasteiger partial charge on any atom is 0.129 e. The van der Waals surface area contributed by atoms with Gasteiger partial charge in [-0.1, -0.05) is 32.0 Å². The number of nitrogens with one attached hydrogen (secondary N) is 3. The molecule has 0 aliphatic heterocycles. The summed E-state index contributed by atoms with van der Waals surface area (Å²) < 4.78 is 5.59. The summed E-state index contributed by atoms with van der Waals surface area (Å²) in [6.45, 7) is 6.87. The summed E-state index contributed by atoms with van der Waals surface area (Å²) in [4.78, 5) is 13.3. The molecular weight excluding hydrogens is 388 g/mol. The number of aromatic nitrogens is 3. The number of rotatable bonds is 11. The molecule has 0 radical (unpaired) electrons. The van der Waals surface area contributed by atoms with E-state index in [9.17, 15) is 0 Å². The highest BCUT2D eigenvalue weighted by Crippen LogP contribution is 2.34. The quantitative estimate of drug-likeness (QED) is 0.405. The molecule has 1 aromatic carbocycles. The van der Waals surface area contributed by atoms with E-state index in [0.29, 0.717) is 0 Å². The fraction of sp³-hybridized carbons (Fsp3) is 0.375. The number of methoxy groups -OCH3 is 1. The minimum absolute atomic E-state index is 0.0973. The molecule has 0 saturated carbocycles. The molecule has 7 nitrogen and oxygen atoms in total. The third-order valence-electron chi connectivity index (χ3n) is 5.60. The predicted molar refractivity (Wildman–Crippen MR) is 127 cm³/mol. The molecule has 2 heterocycles. The summed E-state index contributed by atoms with van der Waals surface area (Å²) in [6, 6.07) is 14.1. The van der Waals surface area contributed by atoms with Gasteiger partial charge in [-0.25, -0.2) is 15.0 Å². The van der Waals surface area contributed by atoms with Crippen molar-refractivity contribution in [3.05, 3.63) is 60.6 Å². The van der Waals surface area contributed by atoms with Crippen LogP contribution in [0, 0.1) is 0 Å². The molecule has 0 aliphatic carbocycles. The van der Waals surface area contributed by atoms with E-state index in [2.05, 4.69) is 56.9 Å². The van der Waals surface area contributed by atoms with Crippen LogP contribution < -0.4 is 20.7 Å². The second kappa shape index (κ2) is 10.7. The van der Waals surface area contributed by atoms with Crippen molar-refractivity contribution in [1.82, 2.24) is 20.3 Å². The van der Waals surface area contributed by atoms with Crippen molar-refractivity contribution in [2.24, 2.45) is 0 Å². The van der Waals surface area contributed by atoms with Gasteiger partial charge in [0.1, 0.15) is 23.7 Å². The van der Waals surface area contributed by atoms with E-state index in [-0.39, 0.29) is 5.41 Å². The molecule has 1 atom stereocenters. The van der Waals surface area contributed by atoms with Gasteiger partial charge in [-0.15, -0.1) is 0 Å². The summed E-state index contributed by atoms with van der Waals surface area (Å²) in [6.07, 6.45) is 4.38. The number of pyridine rings is 1. The summed E-state index contributed by atoms with van der Waals surface area (Å²) in [5.41, 5.74) is 2.88.